The maximum atomic E-state index is 12.7. The van der Waals surface area contributed by atoms with Crippen LogP contribution in [0.3, 0.4) is 0 Å². The first-order valence-corrected chi connectivity index (χ1v) is 12.0. The van der Waals surface area contributed by atoms with Crippen molar-refractivity contribution in [3.63, 3.8) is 0 Å². The van der Waals surface area contributed by atoms with Crippen LogP contribution in [0.4, 0.5) is 5.69 Å². The Morgan fingerprint density at radius 3 is 2.40 bits per heavy atom. The van der Waals surface area contributed by atoms with Gasteiger partial charge in [0.05, 0.1) is 28.2 Å². The molecule has 1 saturated heterocycles. The molecule has 1 aromatic heterocycles. The molecule has 0 aliphatic carbocycles. The van der Waals surface area contributed by atoms with Gasteiger partial charge in [-0.3, -0.25) is 14.5 Å². The predicted octanol–water partition coefficient (Wildman–Crippen LogP) is 4.44. The average molecular weight is 488 g/mol. The SMILES string of the molecule is Cn1c(CN2CCN(C(=O)c3ccccc3)CC2)nc2cc(NC(=O)c3ccccc3Cl)ccc21. The zero-order valence-corrected chi connectivity index (χ0v) is 20.2. The Hall–Kier alpha value is -3.68. The van der Waals surface area contributed by atoms with Gasteiger partial charge in [0.25, 0.3) is 11.8 Å². The van der Waals surface area contributed by atoms with Crippen molar-refractivity contribution in [1.29, 1.82) is 0 Å². The number of halogens is 1. The standard InChI is InChI=1S/C27H26ClN5O2/c1-31-24-12-11-20(29-26(34)21-9-5-6-10-22(21)28)17-23(24)30-25(31)18-32-13-15-33(16-14-32)27(35)19-7-3-2-4-8-19/h2-12,17H,13-16,18H2,1H3,(H,29,34). The van der Waals surface area contributed by atoms with Gasteiger partial charge in [0.15, 0.2) is 0 Å². The highest BCUT2D eigenvalue weighted by molar-refractivity contribution is 6.34. The lowest BCUT2D eigenvalue weighted by Crippen LogP contribution is -2.48. The number of aromatic nitrogens is 2. The molecule has 1 aliphatic heterocycles. The summed E-state index contributed by atoms with van der Waals surface area (Å²) in [5.74, 6) is 0.769. The van der Waals surface area contributed by atoms with Crippen LogP contribution < -0.4 is 5.32 Å². The number of hydrogen-bond acceptors (Lipinski definition) is 4. The van der Waals surface area contributed by atoms with Gasteiger partial charge in [-0.15, -0.1) is 0 Å². The van der Waals surface area contributed by atoms with Gasteiger partial charge in [0.1, 0.15) is 5.82 Å². The quantitative estimate of drug-likeness (QED) is 0.452. The summed E-state index contributed by atoms with van der Waals surface area (Å²) in [6.45, 7) is 3.66. The van der Waals surface area contributed by atoms with Crippen molar-refractivity contribution in [2.45, 2.75) is 6.54 Å². The Kier molecular flexibility index (Phi) is 6.53. The third kappa shape index (κ3) is 4.92. The molecule has 1 N–H and O–H groups in total. The molecule has 0 unspecified atom stereocenters. The molecular weight excluding hydrogens is 462 g/mol. The maximum absolute atomic E-state index is 12.7. The van der Waals surface area contributed by atoms with E-state index in [0.29, 0.717) is 35.9 Å². The highest BCUT2D eigenvalue weighted by atomic mass is 35.5. The van der Waals surface area contributed by atoms with Crippen LogP contribution in [0.1, 0.15) is 26.5 Å². The Morgan fingerprint density at radius 1 is 0.943 bits per heavy atom. The van der Waals surface area contributed by atoms with Crippen LogP contribution >= 0.6 is 11.6 Å². The van der Waals surface area contributed by atoms with Gasteiger partial charge < -0.3 is 14.8 Å². The highest BCUT2D eigenvalue weighted by Gasteiger charge is 2.23. The van der Waals surface area contributed by atoms with Crippen LogP contribution in [0, 0.1) is 0 Å². The number of aryl methyl sites for hydroxylation is 1. The van der Waals surface area contributed by atoms with Gasteiger partial charge in [-0.05, 0) is 42.5 Å². The van der Waals surface area contributed by atoms with Gasteiger partial charge >= 0.3 is 0 Å². The number of nitrogens with zero attached hydrogens (tertiary/aromatic N) is 4. The summed E-state index contributed by atoms with van der Waals surface area (Å²) in [6.07, 6.45) is 0. The Labute approximate surface area is 208 Å². The molecule has 0 saturated carbocycles. The van der Waals surface area contributed by atoms with Crippen molar-refractivity contribution in [2.75, 3.05) is 31.5 Å². The number of rotatable bonds is 5. The van der Waals surface area contributed by atoms with E-state index in [1.807, 2.05) is 60.5 Å². The Morgan fingerprint density at radius 2 is 1.66 bits per heavy atom. The largest absolute Gasteiger partial charge is 0.336 e. The van der Waals surface area contributed by atoms with E-state index in [1.165, 1.54) is 0 Å². The molecule has 2 heterocycles. The van der Waals surface area contributed by atoms with Gasteiger partial charge in [0.2, 0.25) is 0 Å². The molecule has 35 heavy (non-hydrogen) atoms. The van der Waals surface area contributed by atoms with E-state index < -0.39 is 0 Å². The minimum atomic E-state index is -0.256. The second-order valence-electron chi connectivity index (χ2n) is 8.66. The number of fused-ring (bicyclic) bond motifs is 1. The lowest BCUT2D eigenvalue weighted by Gasteiger charge is -2.34. The van der Waals surface area contributed by atoms with Crippen molar-refractivity contribution in [2.24, 2.45) is 7.05 Å². The van der Waals surface area contributed by atoms with Gasteiger partial charge in [0, 0.05) is 44.5 Å². The molecule has 5 rings (SSSR count). The number of hydrogen-bond donors (Lipinski definition) is 1. The van der Waals surface area contributed by atoms with Crippen LogP contribution in [-0.2, 0) is 13.6 Å². The Bertz CT molecular complexity index is 1380. The minimum Gasteiger partial charge on any atom is -0.336 e. The van der Waals surface area contributed by atoms with Crippen LogP contribution in [0.15, 0.2) is 72.8 Å². The van der Waals surface area contributed by atoms with Gasteiger partial charge in [-0.25, -0.2) is 4.98 Å². The van der Waals surface area contributed by atoms with Gasteiger partial charge in [-0.2, -0.15) is 0 Å². The number of piperazine rings is 1. The first kappa shape index (κ1) is 23.1. The summed E-state index contributed by atoms with van der Waals surface area (Å²) < 4.78 is 2.08. The molecule has 7 nitrogen and oxygen atoms in total. The highest BCUT2D eigenvalue weighted by Crippen LogP contribution is 2.23. The van der Waals surface area contributed by atoms with Crippen LogP contribution in [0.2, 0.25) is 5.02 Å². The summed E-state index contributed by atoms with van der Waals surface area (Å²) in [6, 6.07) is 22.1. The van der Waals surface area contributed by atoms with E-state index in [9.17, 15) is 9.59 Å². The molecule has 8 heteroatoms. The van der Waals surface area contributed by atoms with Crippen molar-refractivity contribution < 1.29 is 9.59 Å². The molecule has 4 aromatic rings. The number of benzene rings is 3. The fourth-order valence-electron chi connectivity index (χ4n) is 4.39. The van der Waals surface area contributed by atoms with E-state index in [2.05, 4.69) is 14.8 Å². The number of anilines is 1. The molecule has 0 atom stereocenters. The number of carbonyl (C=O) groups excluding carboxylic acids is 2. The molecule has 2 amide bonds. The van der Waals surface area contributed by atoms with E-state index in [1.54, 1.807) is 24.3 Å². The topological polar surface area (TPSA) is 70.5 Å². The summed E-state index contributed by atoms with van der Waals surface area (Å²) in [4.78, 5) is 34.4. The molecule has 1 aliphatic rings. The zero-order valence-electron chi connectivity index (χ0n) is 19.4. The number of nitrogens with one attached hydrogen (secondary N) is 1. The van der Waals surface area contributed by atoms with Gasteiger partial charge in [-0.1, -0.05) is 41.9 Å². The molecule has 0 bridgehead atoms. The maximum Gasteiger partial charge on any atom is 0.257 e. The fraction of sp³-hybridized carbons (Fsp3) is 0.222. The molecule has 1 fully saturated rings. The molecule has 0 radical (unpaired) electrons. The average Bonchev–Trinajstić information content (AvgIpc) is 3.19. The molecule has 3 aromatic carbocycles. The van der Waals surface area contributed by atoms with E-state index >= 15 is 0 Å². The lowest BCUT2D eigenvalue weighted by molar-refractivity contribution is 0.0624. The smallest absolute Gasteiger partial charge is 0.257 e. The van der Waals surface area contributed by atoms with E-state index in [-0.39, 0.29) is 11.8 Å². The summed E-state index contributed by atoms with van der Waals surface area (Å²) in [5, 5.41) is 3.32. The summed E-state index contributed by atoms with van der Waals surface area (Å²) >= 11 is 6.15. The van der Waals surface area contributed by atoms with Crippen molar-refractivity contribution in [3.05, 3.63) is 94.8 Å². The third-order valence-electron chi connectivity index (χ3n) is 6.40. The van der Waals surface area contributed by atoms with Crippen LogP contribution in [-0.4, -0.2) is 57.3 Å². The fourth-order valence-corrected chi connectivity index (χ4v) is 4.61. The normalized spacial score (nSPS) is 14.3. The van der Waals surface area contributed by atoms with E-state index in [4.69, 9.17) is 16.6 Å². The number of amides is 2. The van der Waals surface area contributed by atoms with Crippen molar-refractivity contribution in [3.8, 4) is 0 Å². The van der Waals surface area contributed by atoms with E-state index in [0.717, 1.165) is 35.5 Å². The number of carbonyl (C=O) groups is 2. The predicted molar refractivity (Wildman–Crippen MR) is 138 cm³/mol. The zero-order chi connectivity index (χ0) is 24.4. The van der Waals surface area contributed by atoms with Crippen molar-refractivity contribution in [1.82, 2.24) is 19.4 Å². The third-order valence-corrected chi connectivity index (χ3v) is 6.72. The van der Waals surface area contributed by atoms with Crippen LogP contribution in [0.25, 0.3) is 11.0 Å². The summed E-state index contributed by atoms with van der Waals surface area (Å²) in [7, 11) is 2.00. The second kappa shape index (κ2) is 9.90. The number of imidazole rings is 1. The molecule has 0 spiro atoms. The first-order valence-electron chi connectivity index (χ1n) is 11.6. The summed E-state index contributed by atoms with van der Waals surface area (Å²) in [5.41, 5.74) is 3.64. The Balaban J connectivity index is 1.24. The monoisotopic (exact) mass is 487 g/mol. The first-order chi connectivity index (χ1) is 17.0. The molecular formula is C27H26ClN5O2. The second-order valence-corrected chi connectivity index (χ2v) is 9.07. The van der Waals surface area contributed by atoms with Crippen molar-refractivity contribution >= 4 is 40.1 Å². The lowest BCUT2D eigenvalue weighted by atomic mass is 10.2. The van der Waals surface area contributed by atoms with Crippen LogP contribution in [0.5, 0.6) is 0 Å². The molecule has 178 valence electrons. The minimum absolute atomic E-state index is 0.0827.